The summed E-state index contributed by atoms with van der Waals surface area (Å²) in [7, 11) is 0. The van der Waals surface area contributed by atoms with Crippen molar-refractivity contribution in [3.8, 4) is 22.9 Å². The first-order chi connectivity index (χ1) is 21.3. The van der Waals surface area contributed by atoms with Gasteiger partial charge in [-0.1, -0.05) is 30.3 Å². The van der Waals surface area contributed by atoms with Gasteiger partial charge in [-0.2, -0.15) is 5.10 Å². The van der Waals surface area contributed by atoms with Gasteiger partial charge in [0.15, 0.2) is 17.3 Å². The van der Waals surface area contributed by atoms with Crippen LogP contribution >= 0.6 is 31.9 Å². The maximum atomic E-state index is 12.7. The van der Waals surface area contributed by atoms with Gasteiger partial charge in [0.25, 0.3) is 0 Å². The Kier molecular flexibility index (Phi) is 10.2. The van der Waals surface area contributed by atoms with Crippen molar-refractivity contribution in [2.45, 2.75) is 34.0 Å². The highest BCUT2D eigenvalue weighted by atomic mass is 79.9. The van der Waals surface area contributed by atoms with Gasteiger partial charge in [0.05, 0.1) is 17.3 Å². The van der Waals surface area contributed by atoms with Crippen LogP contribution in [0.15, 0.2) is 103 Å². The molecule has 0 fully saturated rings. The van der Waals surface area contributed by atoms with Crippen molar-refractivity contribution in [1.29, 1.82) is 0 Å². The van der Waals surface area contributed by atoms with E-state index in [1.54, 1.807) is 18.2 Å². The highest BCUT2D eigenvalue weighted by Crippen LogP contribution is 2.43. The average Bonchev–Trinajstić information content (AvgIpc) is 3.65. The number of rotatable bonds is 12. The van der Waals surface area contributed by atoms with E-state index >= 15 is 0 Å². The Morgan fingerprint density at radius 3 is 2.32 bits per heavy atom. The Balaban J connectivity index is 1.18. The minimum atomic E-state index is -0.489. The zero-order chi connectivity index (χ0) is 31.1. The summed E-state index contributed by atoms with van der Waals surface area (Å²) in [4.78, 5) is 12.7. The van der Waals surface area contributed by atoms with E-state index in [0.717, 1.165) is 11.3 Å². The molecule has 44 heavy (non-hydrogen) atoms. The van der Waals surface area contributed by atoms with Crippen molar-refractivity contribution < 1.29 is 23.4 Å². The van der Waals surface area contributed by atoms with Crippen LogP contribution in [0.3, 0.4) is 0 Å². The second-order valence-electron chi connectivity index (χ2n) is 9.83. The zero-order valence-electron chi connectivity index (χ0n) is 24.5. The van der Waals surface area contributed by atoms with Crippen molar-refractivity contribution in [2.75, 3.05) is 6.61 Å². The molecule has 2 aromatic heterocycles. The molecule has 1 amide bonds. The van der Waals surface area contributed by atoms with E-state index in [2.05, 4.69) is 72.9 Å². The summed E-state index contributed by atoms with van der Waals surface area (Å²) < 4.78 is 27.0. The summed E-state index contributed by atoms with van der Waals surface area (Å²) in [6, 6.07) is 27.0. The van der Waals surface area contributed by atoms with Crippen molar-refractivity contribution in [3.05, 3.63) is 128 Å². The molecule has 0 aliphatic carbocycles. The number of hydrogen-bond donors (Lipinski definition) is 1. The molecule has 0 radical (unpaired) electrons. The number of carbonyl (C=O) groups excluding carboxylic acids is 1. The van der Waals surface area contributed by atoms with Crippen LogP contribution in [0.4, 0.5) is 0 Å². The smallest absolute Gasteiger partial charge is 0.307 e. The van der Waals surface area contributed by atoms with E-state index in [1.807, 2.05) is 61.5 Å². The SMILES string of the molecule is CCOc1cc(/C=N/NC(=O)c2ccc(COc3ccc(-n4c(C)ccc4C)cc3)o2)c(Br)c(Br)c1OCc1ccccc1. The fourth-order valence-electron chi connectivity index (χ4n) is 4.54. The molecule has 0 saturated carbocycles. The first-order valence-corrected chi connectivity index (χ1v) is 15.5. The number of aryl methyl sites for hydroxylation is 2. The lowest BCUT2D eigenvalue weighted by Crippen LogP contribution is -2.16. The van der Waals surface area contributed by atoms with E-state index in [-0.39, 0.29) is 12.4 Å². The van der Waals surface area contributed by atoms with Gasteiger partial charge in [0, 0.05) is 27.1 Å². The van der Waals surface area contributed by atoms with Crippen molar-refractivity contribution in [3.63, 3.8) is 0 Å². The van der Waals surface area contributed by atoms with Crippen LogP contribution in [0.25, 0.3) is 5.69 Å². The van der Waals surface area contributed by atoms with E-state index in [4.69, 9.17) is 18.6 Å². The first kappa shape index (κ1) is 31.2. The van der Waals surface area contributed by atoms with E-state index < -0.39 is 5.91 Å². The molecule has 5 aromatic rings. The van der Waals surface area contributed by atoms with Gasteiger partial charge in [0.2, 0.25) is 0 Å². The molecule has 2 heterocycles. The number of aromatic nitrogens is 1. The normalized spacial score (nSPS) is 11.1. The van der Waals surface area contributed by atoms with Gasteiger partial charge in [-0.05, 0) is 113 Å². The topological polar surface area (TPSA) is 87.2 Å². The molecule has 0 atom stereocenters. The molecule has 0 unspecified atom stereocenters. The molecule has 1 N–H and O–H groups in total. The van der Waals surface area contributed by atoms with Crippen LogP contribution in [0.2, 0.25) is 0 Å². The number of halogens is 2. The summed E-state index contributed by atoms with van der Waals surface area (Å²) in [5.41, 5.74) is 7.62. The number of hydrogen-bond acceptors (Lipinski definition) is 6. The lowest BCUT2D eigenvalue weighted by molar-refractivity contribution is 0.0923. The zero-order valence-corrected chi connectivity index (χ0v) is 27.6. The molecule has 0 saturated heterocycles. The Morgan fingerprint density at radius 2 is 1.61 bits per heavy atom. The van der Waals surface area contributed by atoms with Gasteiger partial charge in [-0.3, -0.25) is 4.79 Å². The summed E-state index contributed by atoms with van der Waals surface area (Å²) in [5, 5.41) is 4.12. The number of nitrogens with zero attached hydrogens (tertiary/aromatic N) is 2. The van der Waals surface area contributed by atoms with Gasteiger partial charge in [-0.15, -0.1) is 0 Å². The van der Waals surface area contributed by atoms with Crippen LogP contribution in [-0.2, 0) is 13.2 Å². The molecule has 3 aromatic carbocycles. The molecule has 0 aliphatic heterocycles. The van der Waals surface area contributed by atoms with Crippen LogP contribution < -0.4 is 19.6 Å². The minimum Gasteiger partial charge on any atom is -0.490 e. The Labute approximate surface area is 272 Å². The second kappa shape index (κ2) is 14.5. The Hall–Kier alpha value is -4.28. The Bertz CT molecular complexity index is 1740. The van der Waals surface area contributed by atoms with E-state index in [0.29, 0.717) is 50.7 Å². The number of ether oxygens (including phenoxy) is 3. The molecule has 0 spiro atoms. The highest BCUT2D eigenvalue weighted by Gasteiger charge is 2.18. The number of nitrogens with one attached hydrogen (secondary N) is 1. The van der Waals surface area contributed by atoms with Gasteiger partial charge < -0.3 is 23.2 Å². The summed E-state index contributed by atoms with van der Waals surface area (Å²) in [6.45, 7) is 7.06. The first-order valence-electron chi connectivity index (χ1n) is 14.0. The van der Waals surface area contributed by atoms with Crippen molar-refractivity contribution in [2.24, 2.45) is 5.10 Å². The second-order valence-corrected chi connectivity index (χ2v) is 11.4. The fourth-order valence-corrected chi connectivity index (χ4v) is 5.48. The largest absolute Gasteiger partial charge is 0.490 e. The molecule has 8 nitrogen and oxygen atoms in total. The van der Waals surface area contributed by atoms with Gasteiger partial charge in [-0.25, -0.2) is 5.43 Å². The number of benzene rings is 3. The monoisotopic (exact) mass is 719 g/mol. The number of carbonyl (C=O) groups is 1. The summed E-state index contributed by atoms with van der Waals surface area (Å²) >= 11 is 7.20. The minimum absolute atomic E-state index is 0.120. The third-order valence-electron chi connectivity index (χ3n) is 6.68. The quantitative estimate of drug-likeness (QED) is 0.103. The summed E-state index contributed by atoms with van der Waals surface area (Å²) in [6.07, 6.45) is 1.52. The highest BCUT2D eigenvalue weighted by molar-refractivity contribution is 9.13. The van der Waals surface area contributed by atoms with Crippen LogP contribution in [0, 0.1) is 13.8 Å². The van der Waals surface area contributed by atoms with Crippen molar-refractivity contribution >= 4 is 44.0 Å². The lowest BCUT2D eigenvalue weighted by Gasteiger charge is -2.16. The van der Waals surface area contributed by atoms with Crippen molar-refractivity contribution in [1.82, 2.24) is 9.99 Å². The standard InChI is InChI=1S/C34H31Br2N3O5/c1-4-41-30-18-25(31(35)32(36)33(30)43-20-24-8-6-5-7-9-24)19-37-38-34(40)29-17-16-28(44-29)21-42-27-14-12-26(13-15-27)39-22(2)10-11-23(39)3/h5-19H,4,20-21H2,1-3H3,(H,38,40)/b37-19+. The molecular formula is C34H31Br2N3O5. The number of hydrazone groups is 1. The fraction of sp³-hybridized carbons (Fsp3) is 0.176. The third kappa shape index (κ3) is 7.43. The summed E-state index contributed by atoms with van der Waals surface area (Å²) in [5.74, 6) is 1.96. The van der Waals surface area contributed by atoms with E-state index in [1.165, 1.54) is 17.6 Å². The molecule has 5 rings (SSSR count). The maximum Gasteiger partial charge on any atom is 0.307 e. The van der Waals surface area contributed by atoms with Crippen LogP contribution in [-0.4, -0.2) is 23.3 Å². The number of furan rings is 1. The lowest BCUT2D eigenvalue weighted by atomic mass is 10.2. The predicted octanol–water partition coefficient (Wildman–Crippen LogP) is 8.53. The molecule has 226 valence electrons. The average molecular weight is 721 g/mol. The molecule has 0 bridgehead atoms. The van der Waals surface area contributed by atoms with Gasteiger partial charge in [0.1, 0.15) is 24.7 Å². The Morgan fingerprint density at radius 1 is 0.886 bits per heavy atom. The third-order valence-corrected chi connectivity index (χ3v) is 8.83. The molecule has 10 heteroatoms. The van der Waals surface area contributed by atoms with Crippen LogP contribution in [0.5, 0.6) is 17.2 Å². The maximum absolute atomic E-state index is 12.7. The number of amides is 1. The van der Waals surface area contributed by atoms with Gasteiger partial charge >= 0.3 is 5.91 Å². The molecule has 0 aliphatic rings. The van der Waals surface area contributed by atoms with E-state index in [9.17, 15) is 4.79 Å². The van der Waals surface area contributed by atoms with Crippen LogP contribution in [0.1, 0.15) is 45.8 Å². The predicted molar refractivity (Wildman–Crippen MR) is 177 cm³/mol. The molecular weight excluding hydrogens is 690 g/mol.